The lowest BCUT2D eigenvalue weighted by molar-refractivity contribution is -0.161. The zero-order valence-corrected chi connectivity index (χ0v) is 26.6. The van der Waals surface area contributed by atoms with Crippen LogP contribution in [0, 0.1) is 5.82 Å². The number of phenols is 1. The molecule has 1 saturated heterocycles. The summed E-state index contributed by atoms with van der Waals surface area (Å²) in [5, 5.41) is 15.0. The first-order valence-electron chi connectivity index (χ1n) is 15.1. The van der Waals surface area contributed by atoms with Crippen LogP contribution in [0.4, 0.5) is 4.39 Å². The third-order valence-corrected chi connectivity index (χ3v) is 7.79. The summed E-state index contributed by atoms with van der Waals surface area (Å²) in [6.45, 7) is 3.04. The molecule has 2 aromatic carbocycles. The van der Waals surface area contributed by atoms with Crippen molar-refractivity contribution in [1.82, 2.24) is 20.4 Å². The minimum Gasteiger partial charge on any atom is -0.508 e. The first-order chi connectivity index (χ1) is 22.3. The van der Waals surface area contributed by atoms with Crippen molar-refractivity contribution in [3.05, 3.63) is 65.5 Å². The number of methoxy groups -OCH3 is 1. The van der Waals surface area contributed by atoms with E-state index in [0.717, 1.165) is 0 Å². The molecule has 47 heavy (non-hydrogen) atoms. The Balaban J connectivity index is 1.94. The number of nitrogens with two attached hydrogens (primary N) is 2. The van der Waals surface area contributed by atoms with Crippen LogP contribution in [0.3, 0.4) is 0 Å². The Hall–Kier alpha value is -5.21. The number of nitrogens with one attached hydrogen (secondary N) is 2. The van der Waals surface area contributed by atoms with Crippen LogP contribution in [-0.2, 0) is 41.6 Å². The maximum Gasteiger partial charge on any atom is 0.328 e. The van der Waals surface area contributed by atoms with Crippen LogP contribution in [0.5, 0.6) is 5.75 Å². The molecule has 1 heterocycles. The number of piperazine rings is 1. The summed E-state index contributed by atoms with van der Waals surface area (Å²) < 4.78 is 18.5. The smallest absolute Gasteiger partial charge is 0.328 e. The molecule has 254 valence electrons. The molecule has 0 radical (unpaired) electrons. The number of benzene rings is 2. The number of amides is 4. The summed E-state index contributed by atoms with van der Waals surface area (Å²) >= 11 is 0. The quantitative estimate of drug-likeness (QED) is 0.0799. The van der Waals surface area contributed by atoms with Gasteiger partial charge in [-0.25, -0.2) is 9.18 Å². The molecule has 4 amide bonds. The third-order valence-electron chi connectivity index (χ3n) is 7.79. The molecule has 1 aliphatic rings. The number of nitrogens with zero attached hydrogens (tertiary/aromatic N) is 3. The van der Waals surface area contributed by atoms with E-state index in [1.165, 1.54) is 67.2 Å². The Morgan fingerprint density at radius 2 is 1.60 bits per heavy atom. The van der Waals surface area contributed by atoms with E-state index in [1.54, 1.807) is 12.1 Å². The van der Waals surface area contributed by atoms with E-state index >= 15 is 0 Å². The molecule has 7 N–H and O–H groups in total. The van der Waals surface area contributed by atoms with Gasteiger partial charge >= 0.3 is 5.97 Å². The van der Waals surface area contributed by atoms with Gasteiger partial charge in [-0.3, -0.25) is 24.2 Å². The molecule has 4 atom stereocenters. The summed E-state index contributed by atoms with van der Waals surface area (Å²) in [7, 11) is 1.22. The topological polar surface area (TPSA) is 210 Å². The summed E-state index contributed by atoms with van der Waals surface area (Å²) in [5.41, 5.74) is 12.1. The molecule has 0 bridgehead atoms. The van der Waals surface area contributed by atoms with Gasteiger partial charge in [0.15, 0.2) is 5.96 Å². The summed E-state index contributed by atoms with van der Waals surface area (Å²) in [6, 6.07) is 7.29. The monoisotopic (exact) mass is 655 g/mol. The van der Waals surface area contributed by atoms with E-state index < -0.39 is 59.6 Å². The van der Waals surface area contributed by atoms with E-state index in [-0.39, 0.29) is 50.6 Å². The van der Waals surface area contributed by atoms with Gasteiger partial charge in [0, 0.05) is 39.4 Å². The van der Waals surface area contributed by atoms with Gasteiger partial charge in [-0.1, -0.05) is 24.3 Å². The van der Waals surface area contributed by atoms with Gasteiger partial charge in [-0.2, -0.15) is 0 Å². The number of hydrogen-bond acceptors (Lipinski definition) is 8. The Morgan fingerprint density at radius 3 is 2.17 bits per heavy atom. The molecule has 4 unspecified atom stereocenters. The first kappa shape index (κ1) is 36.3. The fraction of sp³-hybridized carbons (Fsp3) is 0.438. The van der Waals surface area contributed by atoms with E-state index in [0.29, 0.717) is 17.5 Å². The summed E-state index contributed by atoms with van der Waals surface area (Å²) in [4.78, 5) is 72.8. The van der Waals surface area contributed by atoms with Gasteiger partial charge in [0.05, 0.1) is 7.11 Å². The van der Waals surface area contributed by atoms with Crippen molar-refractivity contribution in [2.45, 2.75) is 63.7 Å². The second kappa shape index (κ2) is 16.9. The van der Waals surface area contributed by atoms with Crippen molar-refractivity contribution in [3.63, 3.8) is 0 Å². The molecular weight excluding hydrogens is 613 g/mol. The van der Waals surface area contributed by atoms with Crippen molar-refractivity contribution in [2.24, 2.45) is 16.5 Å². The van der Waals surface area contributed by atoms with Crippen LogP contribution >= 0.6 is 0 Å². The fourth-order valence-corrected chi connectivity index (χ4v) is 5.38. The maximum absolute atomic E-state index is 14.3. The zero-order chi connectivity index (χ0) is 34.7. The van der Waals surface area contributed by atoms with Crippen LogP contribution in [-0.4, -0.2) is 101 Å². The largest absolute Gasteiger partial charge is 0.508 e. The highest BCUT2D eigenvalue weighted by Crippen LogP contribution is 2.22. The number of aromatic hydroxyl groups is 1. The number of carbonyl (C=O) groups is 5. The molecule has 0 aliphatic carbocycles. The standard InChI is InChI=1S/C32H42FN7O7/c1-19(31(46)47-3)39-15-16-40(27(30(39)45)5-4-14-36-32(34)35)29(44)26(18-21-6-10-23(33)11-7-21)38-28(43)25(37-20(2)41)17-22-8-12-24(42)13-9-22/h6-13,19,25-27,42H,4-5,14-18H2,1-3H3,(H,37,41)(H,38,43)(H4,34,35,36). The Kier molecular flexibility index (Phi) is 13.0. The first-order valence-corrected chi connectivity index (χ1v) is 15.1. The third kappa shape index (κ3) is 10.4. The van der Waals surface area contributed by atoms with Crippen molar-refractivity contribution in [1.29, 1.82) is 0 Å². The van der Waals surface area contributed by atoms with Crippen LogP contribution in [0.2, 0.25) is 0 Å². The predicted molar refractivity (Wildman–Crippen MR) is 170 cm³/mol. The molecule has 15 heteroatoms. The van der Waals surface area contributed by atoms with E-state index in [4.69, 9.17) is 16.2 Å². The minimum atomic E-state index is -1.22. The number of esters is 1. The normalized spacial score (nSPS) is 16.4. The number of carbonyl (C=O) groups excluding carboxylic acids is 5. The molecule has 0 saturated carbocycles. The number of rotatable bonds is 14. The van der Waals surface area contributed by atoms with Crippen LogP contribution < -0.4 is 22.1 Å². The van der Waals surface area contributed by atoms with E-state index in [9.17, 15) is 33.5 Å². The molecule has 0 spiro atoms. The van der Waals surface area contributed by atoms with Gasteiger partial charge in [0.25, 0.3) is 0 Å². The highest BCUT2D eigenvalue weighted by molar-refractivity contribution is 5.96. The molecular formula is C32H42FN7O7. The molecule has 0 aromatic heterocycles. The molecule has 1 aliphatic heterocycles. The lowest BCUT2D eigenvalue weighted by Crippen LogP contribution is -2.65. The molecule has 14 nitrogen and oxygen atoms in total. The Bertz CT molecular complexity index is 1450. The predicted octanol–water partition coefficient (Wildman–Crippen LogP) is -0.0395. The summed E-state index contributed by atoms with van der Waals surface area (Å²) in [6.07, 6.45) is 0.479. The number of aliphatic imine (C=N–C) groups is 1. The number of guanidine groups is 1. The van der Waals surface area contributed by atoms with E-state index in [1.807, 2.05) is 0 Å². The molecule has 2 aromatic rings. The zero-order valence-electron chi connectivity index (χ0n) is 26.6. The SMILES string of the molecule is COC(=O)C(C)N1CCN(C(=O)C(Cc2ccc(F)cc2)NC(=O)C(Cc2ccc(O)cc2)NC(C)=O)C(CCCN=C(N)N)C1=O. The van der Waals surface area contributed by atoms with Crippen molar-refractivity contribution >= 4 is 35.6 Å². The van der Waals surface area contributed by atoms with Gasteiger partial charge < -0.3 is 41.7 Å². The van der Waals surface area contributed by atoms with Crippen LogP contribution in [0.15, 0.2) is 53.5 Å². The van der Waals surface area contributed by atoms with Crippen molar-refractivity contribution < 1.29 is 38.2 Å². The second-order valence-electron chi connectivity index (χ2n) is 11.2. The number of ether oxygens (including phenoxy) is 1. The van der Waals surface area contributed by atoms with Gasteiger partial charge in [0.1, 0.15) is 35.7 Å². The maximum atomic E-state index is 14.3. The average molecular weight is 656 g/mol. The second-order valence-corrected chi connectivity index (χ2v) is 11.2. The van der Waals surface area contributed by atoms with Crippen LogP contribution in [0.1, 0.15) is 37.8 Å². The number of halogens is 1. The highest BCUT2D eigenvalue weighted by atomic mass is 19.1. The highest BCUT2D eigenvalue weighted by Gasteiger charge is 2.42. The Labute approximate surface area is 272 Å². The molecule has 3 rings (SSSR count). The van der Waals surface area contributed by atoms with Gasteiger partial charge in [0.2, 0.25) is 23.6 Å². The lowest BCUT2D eigenvalue weighted by Gasteiger charge is -2.43. The lowest BCUT2D eigenvalue weighted by atomic mass is 9.98. The minimum absolute atomic E-state index is 0.0256. The molecule has 1 fully saturated rings. The van der Waals surface area contributed by atoms with Crippen molar-refractivity contribution in [3.8, 4) is 5.75 Å². The fourth-order valence-electron chi connectivity index (χ4n) is 5.38. The van der Waals surface area contributed by atoms with Gasteiger partial charge in [-0.05, 0) is 55.2 Å². The van der Waals surface area contributed by atoms with E-state index in [2.05, 4.69) is 15.6 Å². The van der Waals surface area contributed by atoms with Crippen molar-refractivity contribution in [2.75, 3.05) is 26.7 Å². The number of hydrogen-bond donors (Lipinski definition) is 5. The summed E-state index contributed by atoms with van der Waals surface area (Å²) in [5.74, 6) is -3.41. The average Bonchev–Trinajstić information content (AvgIpc) is 3.03. The number of phenolic OH excluding ortho intramolecular Hbond substituents is 1. The Morgan fingerprint density at radius 1 is 1.00 bits per heavy atom. The van der Waals surface area contributed by atoms with Gasteiger partial charge in [-0.15, -0.1) is 0 Å². The van der Waals surface area contributed by atoms with Crippen LogP contribution in [0.25, 0.3) is 0 Å².